The van der Waals surface area contributed by atoms with Gasteiger partial charge >= 0.3 is 5.97 Å². The third kappa shape index (κ3) is 1.49. The highest BCUT2D eigenvalue weighted by atomic mass is 16.4. The van der Waals surface area contributed by atoms with Crippen LogP contribution in [0, 0.1) is 0 Å². The van der Waals surface area contributed by atoms with Gasteiger partial charge in [0.05, 0.1) is 18.3 Å². The molecule has 1 aliphatic rings. The van der Waals surface area contributed by atoms with Crippen LogP contribution < -0.4 is 5.32 Å². The van der Waals surface area contributed by atoms with Gasteiger partial charge in [-0.25, -0.2) is 4.98 Å². The number of carboxylic acids is 1. The molecule has 1 aliphatic heterocycles. The van der Waals surface area contributed by atoms with Gasteiger partial charge < -0.3 is 15.0 Å². The van der Waals surface area contributed by atoms with Gasteiger partial charge in [-0.05, 0) is 6.42 Å². The third-order valence-corrected chi connectivity index (χ3v) is 2.11. The van der Waals surface area contributed by atoms with E-state index in [1.807, 2.05) is 4.57 Å². The number of imidazole rings is 1. The van der Waals surface area contributed by atoms with Crippen molar-refractivity contribution in [1.29, 1.82) is 0 Å². The van der Waals surface area contributed by atoms with Crippen LogP contribution in [0.2, 0.25) is 0 Å². The highest BCUT2D eigenvalue weighted by molar-refractivity contribution is 5.69. The number of anilines is 1. The number of nitrogens with one attached hydrogen (secondary N) is 1. The van der Waals surface area contributed by atoms with Crippen molar-refractivity contribution in [1.82, 2.24) is 9.55 Å². The summed E-state index contributed by atoms with van der Waals surface area (Å²) in [5.41, 5.74) is 0.773. The Bertz CT molecular complexity index is 332. The van der Waals surface area contributed by atoms with E-state index in [9.17, 15) is 4.79 Å². The first-order valence-corrected chi connectivity index (χ1v) is 4.27. The summed E-state index contributed by atoms with van der Waals surface area (Å²) in [7, 11) is 0. The van der Waals surface area contributed by atoms with Crippen molar-refractivity contribution in [2.75, 3.05) is 11.9 Å². The first-order chi connectivity index (χ1) is 6.27. The molecule has 2 heterocycles. The summed E-state index contributed by atoms with van der Waals surface area (Å²) in [6, 6.07) is 0. The molecular formula is C8H11N3O2. The maximum atomic E-state index is 10.5. The van der Waals surface area contributed by atoms with E-state index in [-0.39, 0.29) is 6.42 Å². The largest absolute Gasteiger partial charge is 0.481 e. The standard InChI is InChI=1S/C8H11N3O2/c12-7(13)4-6-5-10-8-9-2-1-3-11(6)8/h5H,1-4H2,(H,9,10)(H,12,13). The summed E-state index contributed by atoms with van der Waals surface area (Å²) in [5.74, 6) is -0.0178. The minimum absolute atomic E-state index is 0.0503. The van der Waals surface area contributed by atoms with Gasteiger partial charge in [-0.1, -0.05) is 0 Å². The lowest BCUT2D eigenvalue weighted by molar-refractivity contribution is -0.136. The fourth-order valence-corrected chi connectivity index (χ4v) is 1.54. The van der Waals surface area contributed by atoms with Gasteiger partial charge in [0.2, 0.25) is 5.95 Å². The smallest absolute Gasteiger partial charge is 0.309 e. The van der Waals surface area contributed by atoms with Crippen LogP contribution in [-0.2, 0) is 17.8 Å². The number of fused-ring (bicyclic) bond motifs is 1. The molecule has 0 bridgehead atoms. The number of aliphatic carboxylic acids is 1. The van der Waals surface area contributed by atoms with E-state index < -0.39 is 5.97 Å². The normalized spacial score (nSPS) is 14.8. The summed E-state index contributed by atoms with van der Waals surface area (Å²) in [6.07, 6.45) is 2.70. The molecular weight excluding hydrogens is 170 g/mol. The molecule has 70 valence electrons. The van der Waals surface area contributed by atoms with E-state index in [1.54, 1.807) is 6.20 Å². The van der Waals surface area contributed by atoms with Crippen LogP contribution in [0.3, 0.4) is 0 Å². The zero-order valence-electron chi connectivity index (χ0n) is 7.16. The van der Waals surface area contributed by atoms with Crippen LogP contribution in [0.15, 0.2) is 6.20 Å². The molecule has 0 aliphatic carbocycles. The first kappa shape index (κ1) is 8.10. The molecule has 13 heavy (non-hydrogen) atoms. The number of carboxylic acid groups (broad SMARTS) is 1. The van der Waals surface area contributed by atoms with Gasteiger partial charge in [-0.15, -0.1) is 0 Å². The van der Waals surface area contributed by atoms with E-state index >= 15 is 0 Å². The molecule has 0 saturated heterocycles. The Morgan fingerprint density at radius 3 is 3.38 bits per heavy atom. The second-order valence-corrected chi connectivity index (χ2v) is 3.08. The Hall–Kier alpha value is -1.52. The molecule has 0 saturated carbocycles. The van der Waals surface area contributed by atoms with Gasteiger partial charge in [0.15, 0.2) is 0 Å². The molecule has 0 spiro atoms. The highest BCUT2D eigenvalue weighted by Crippen LogP contribution is 2.15. The van der Waals surface area contributed by atoms with Crippen molar-refractivity contribution in [2.45, 2.75) is 19.4 Å². The molecule has 0 atom stereocenters. The zero-order valence-corrected chi connectivity index (χ0v) is 7.16. The predicted octanol–water partition coefficient (Wildman–Crippen LogP) is 0.326. The number of nitrogens with zero attached hydrogens (tertiary/aromatic N) is 2. The van der Waals surface area contributed by atoms with Crippen LogP contribution in [-0.4, -0.2) is 27.2 Å². The maximum absolute atomic E-state index is 10.5. The summed E-state index contributed by atoms with van der Waals surface area (Å²) >= 11 is 0. The highest BCUT2D eigenvalue weighted by Gasteiger charge is 2.14. The molecule has 1 aromatic rings. The van der Waals surface area contributed by atoms with E-state index in [0.717, 1.165) is 31.2 Å². The summed E-state index contributed by atoms with van der Waals surface area (Å²) in [6.45, 7) is 1.79. The Balaban J connectivity index is 2.26. The molecule has 5 heteroatoms. The van der Waals surface area contributed by atoms with E-state index in [1.165, 1.54) is 0 Å². The van der Waals surface area contributed by atoms with Crippen molar-refractivity contribution < 1.29 is 9.90 Å². The molecule has 0 fully saturated rings. The molecule has 5 nitrogen and oxygen atoms in total. The Kier molecular flexibility index (Phi) is 1.92. The molecule has 0 unspecified atom stereocenters. The van der Waals surface area contributed by atoms with Crippen molar-refractivity contribution in [3.05, 3.63) is 11.9 Å². The van der Waals surface area contributed by atoms with Crippen LogP contribution in [0.5, 0.6) is 0 Å². The number of hydrogen-bond donors (Lipinski definition) is 2. The molecule has 1 aromatic heterocycles. The lowest BCUT2D eigenvalue weighted by Crippen LogP contribution is -2.19. The first-order valence-electron chi connectivity index (χ1n) is 4.27. The van der Waals surface area contributed by atoms with Crippen LogP contribution in [0.4, 0.5) is 5.95 Å². The van der Waals surface area contributed by atoms with E-state index in [2.05, 4.69) is 10.3 Å². The monoisotopic (exact) mass is 181 g/mol. The van der Waals surface area contributed by atoms with Crippen molar-refractivity contribution in [3.8, 4) is 0 Å². The minimum Gasteiger partial charge on any atom is -0.481 e. The maximum Gasteiger partial charge on any atom is 0.309 e. The molecule has 0 amide bonds. The average Bonchev–Trinajstić information content (AvgIpc) is 2.48. The number of rotatable bonds is 2. The Morgan fingerprint density at radius 1 is 1.77 bits per heavy atom. The molecule has 2 N–H and O–H groups in total. The fourth-order valence-electron chi connectivity index (χ4n) is 1.54. The van der Waals surface area contributed by atoms with Crippen LogP contribution >= 0.6 is 0 Å². The van der Waals surface area contributed by atoms with Gasteiger partial charge in [0.1, 0.15) is 0 Å². The quantitative estimate of drug-likeness (QED) is 0.689. The summed E-state index contributed by atoms with van der Waals surface area (Å²) in [4.78, 5) is 14.6. The van der Waals surface area contributed by atoms with Gasteiger partial charge in [-0.2, -0.15) is 0 Å². The summed E-state index contributed by atoms with van der Waals surface area (Å²) in [5, 5.41) is 11.7. The average molecular weight is 181 g/mol. The van der Waals surface area contributed by atoms with E-state index in [0.29, 0.717) is 0 Å². The van der Waals surface area contributed by atoms with E-state index in [4.69, 9.17) is 5.11 Å². The van der Waals surface area contributed by atoms with Crippen LogP contribution in [0.1, 0.15) is 12.1 Å². The lowest BCUT2D eigenvalue weighted by atomic mass is 10.3. The molecule has 2 rings (SSSR count). The second-order valence-electron chi connectivity index (χ2n) is 3.08. The number of hydrogen-bond acceptors (Lipinski definition) is 3. The van der Waals surface area contributed by atoms with Crippen molar-refractivity contribution in [2.24, 2.45) is 0 Å². The zero-order chi connectivity index (χ0) is 9.26. The van der Waals surface area contributed by atoms with Crippen LogP contribution in [0.25, 0.3) is 0 Å². The fraction of sp³-hybridized carbons (Fsp3) is 0.500. The third-order valence-electron chi connectivity index (χ3n) is 2.11. The SMILES string of the molecule is O=C(O)Cc1cnc2n1CCCN2. The van der Waals surface area contributed by atoms with Gasteiger partial charge in [0.25, 0.3) is 0 Å². The molecule has 0 aromatic carbocycles. The Labute approximate surface area is 75.4 Å². The minimum atomic E-state index is -0.812. The van der Waals surface area contributed by atoms with Gasteiger partial charge in [0, 0.05) is 13.1 Å². The van der Waals surface area contributed by atoms with Crippen molar-refractivity contribution >= 4 is 11.9 Å². The van der Waals surface area contributed by atoms with Crippen molar-refractivity contribution in [3.63, 3.8) is 0 Å². The predicted molar refractivity (Wildman–Crippen MR) is 46.7 cm³/mol. The Morgan fingerprint density at radius 2 is 2.62 bits per heavy atom. The number of aromatic nitrogens is 2. The molecule has 0 radical (unpaired) electrons. The topological polar surface area (TPSA) is 67.1 Å². The second kappa shape index (κ2) is 3.08. The van der Waals surface area contributed by atoms with Gasteiger partial charge in [-0.3, -0.25) is 4.79 Å². The number of carbonyl (C=O) groups is 1. The summed E-state index contributed by atoms with van der Waals surface area (Å²) < 4.78 is 1.93. The lowest BCUT2D eigenvalue weighted by Gasteiger charge is -2.17.